The van der Waals surface area contributed by atoms with Crippen LogP contribution in [-0.4, -0.2) is 46.5 Å². The number of amides is 1. The number of benzene rings is 1. The first-order chi connectivity index (χ1) is 13.0. The lowest BCUT2D eigenvalue weighted by Gasteiger charge is -2.37. The number of nitrogens with zero attached hydrogens (tertiary/aromatic N) is 4. The van der Waals surface area contributed by atoms with E-state index in [1.54, 1.807) is 4.90 Å². The van der Waals surface area contributed by atoms with Crippen LogP contribution in [0.4, 0.5) is 11.4 Å². The smallest absolute Gasteiger partial charge is 0.285 e. The number of carbonyl (C=O) groups excluding carboxylic acids is 1. The summed E-state index contributed by atoms with van der Waals surface area (Å²) in [5, 5.41) is 10.9. The molecule has 1 atom stereocenters. The Hall–Kier alpha value is -3.00. The zero-order chi connectivity index (χ0) is 19.4. The highest BCUT2D eigenvalue weighted by molar-refractivity contribution is 5.97. The summed E-state index contributed by atoms with van der Waals surface area (Å²) >= 11 is 0. The fourth-order valence-corrected chi connectivity index (χ4v) is 3.35. The number of carbonyl (C=O) groups is 1. The van der Waals surface area contributed by atoms with E-state index in [-0.39, 0.29) is 29.7 Å². The predicted octanol–water partition coefficient (Wildman–Crippen LogP) is 1.88. The summed E-state index contributed by atoms with van der Waals surface area (Å²) in [6.07, 6.45) is 2.89. The Kier molecular flexibility index (Phi) is 5.66. The highest BCUT2D eigenvalue weighted by atomic mass is 16.6. The average Bonchev–Trinajstić information content (AvgIpc) is 2.67. The third kappa shape index (κ3) is 4.22. The molecule has 1 aromatic carbocycles. The van der Waals surface area contributed by atoms with Gasteiger partial charge in [-0.1, -0.05) is 18.2 Å². The standard InChI is InChI=1S/C19H22N4O4/c1-20(12-13-21-14-16(23(26)27)9-10-18(21)24)17-8-5-11-22(19(17)25)15-6-3-2-4-7-15/h2-4,6-7,9-10,14,17H,5,8,11-13H2,1H3/t17-/m0/s1. The molecular weight excluding hydrogens is 348 g/mol. The van der Waals surface area contributed by atoms with Crippen molar-refractivity contribution in [1.29, 1.82) is 0 Å². The van der Waals surface area contributed by atoms with Gasteiger partial charge in [0.2, 0.25) is 5.91 Å². The number of para-hydroxylation sites is 1. The van der Waals surface area contributed by atoms with Crippen LogP contribution in [0.2, 0.25) is 0 Å². The molecule has 1 aliphatic heterocycles. The molecule has 1 saturated heterocycles. The lowest BCUT2D eigenvalue weighted by atomic mass is 10.0. The Morgan fingerprint density at radius 3 is 2.63 bits per heavy atom. The van der Waals surface area contributed by atoms with Crippen molar-refractivity contribution in [1.82, 2.24) is 9.47 Å². The van der Waals surface area contributed by atoms with Gasteiger partial charge >= 0.3 is 0 Å². The summed E-state index contributed by atoms with van der Waals surface area (Å²) < 4.78 is 1.32. The maximum Gasteiger partial charge on any atom is 0.285 e. The third-order valence-corrected chi connectivity index (χ3v) is 4.88. The Bertz CT molecular complexity index is 881. The van der Waals surface area contributed by atoms with Crippen molar-refractivity contribution in [2.45, 2.75) is 25.4 Å². The molecule has 1 aliphatic rings. The fraction of sp³-hybridized carbons (Fsp3) is 0.368. The molecule has 8 nitrogen and oxygen atoms in total. The maximum absolute atomic E-state index is 12.9. The first-order valence-electron chi connectivity index (χ1n) is 8.89. The normalized spacial score (nSPS) is 17.3. The van der Waals surface area contributed by atoms with E-state index in [1.807, 2.05) is 42.3 Å². The van der Waals surface area contributed by atoms with Crippen LogP contribution < -0.4 is 10.5 Å². The fourth-order valence-electron chi connectivity index (χ4n) is 3.35. The van der Waals surface area contributed by atoms with Crippen LogP contribution in [0.15, 0.2) is 53.5 Å². The van der Waals surface area contributed by atoms with Gasteiger partial charge in [0.05, 0.1) is 17.2 Å². The first-order valence-corrected chi connectivity index (χ1v) is 8.89. The number of anilines is 1. The van der Waals surface area contributed by atoms with E-state index in [0.717, 1.165) is 18.5 Å². The van der Waals surface area contributed by atoms with Crippen molar-refractivity contribution in [3.8, 4) is 0 Å². The Morgan fingerprint density at radius 1 is 1.19 bits per heavy atom. The zero-order valence-corrected chi connectivity index (χ0v) is 15.2. The summed E-state index contributed by atoms with van der Waals surface area (Å²) in [6.45, 7) is 1.42. The van der Waals surface area contributed by atoms with Crippen LogP contribution in [-0.2, 0) is 11.3 Å². The van der Waals surface area contributed by atoms with Crippen molar-refractivity contribution >= 4 is 17.3 Å². The second-order valence-corrected chi connectivity index (χ2v) is 6.64. The largest absolute Gasteiger partial charge is 0.311 e. The zero-order valence-electron chi connectivity index (χ0n) is 15.2. The summed E-state index contributed by atoms with van der Waals surface area (Å²) in [5.74, 6) is 0.0429. The van der Waals surface area contributed by atoms with Gasteiger partial charge in [-0.25, -0.2) is 0 Å². The maximum atomic E-state index is 12.9. The summed E-state index contributed by atoms with van der Waals surface area (Å²) in [4.78, 5) is 38.9. The number of rotatable bonds is 6. The monoisotopic (exact) mass is 370 g/mol. The molecule has 0 spiro atoms. The molecule has 1 aromatic heterocycles. The van der Waals surface area contributed by atoms with Crippen LogP contribution >= 0.6 is 0 Å². The molecule has 1 amide bonds. The van der Waals surface area contributed by atoms with Gasteiger partial charge in [-0.15, -0.1) is 0 Å². The van der Waals surface area contributed by atoms with Crippen molar-refractivity contribution in [2.75, 3.05) is 25.0 Å². The second kappa shape index (κ2) is 8.13. The van der Waals surface area contributed by atoms with Crippen molar-refractivity contribution in [2.24, 2.45) is 0 Å². The Morgan fingerprint density at radius 2 is 1.93 bits per heavy atom. The number of aromatic nitrogens is 1. The molecule has 142 valence electrons. The molecule has 0 N–H and O–H groups in total. The van der Waals surface area contributed by atoms with E-state index in [4.69, 9.17) is 0 Å². The topological polar surface area (TPSA) is 88.7 Å². The number of pyridine rings is 1. The van der Waals surface area contributed by atoms with Gasteiger partial charge in [-0.05, 0) is 32.0 Å². The third-order valence-electron chi connectivity index (χ3n) is 4.88. The molecule has 0 saturated carbocycles. The number of nitro groups is 1. The van der Waals surface area contributed by atoms with Gasteiger partial charge in [-0.3, -0.25) is 24.6 Å². The minimum absolute atomic E-state index is 0.0429. The van der Waals surface area contributed by atoms with Gasteiger partial charge in [-0.2, -0.15) is 0 Å². The van der Waals surface area contributed by atoms with Gasteiger partial charge in [0.25, 0.3) is 11.2 Å². The molecule has 2 aromatic rings. The molecular formula is C19H22N4O4. The molecule has 27 heavy (non-hydrogen) atoms. The summed E-state index contributed by atoms with van der Waals surface area (Å²) in [6, 6.07) is 11.7. The molecule has 0 unspecified atom stereocenters. The number of likely N-dealkylation sites (N-methyl/N-ethyl adjacent to an activating group) is 1. The first kappa shape index (κ1) is 18.8. The van der Waals surface area contributed by atoms with E-state index in [0.29, 0.717) is 13.1 Å². The Balaban J connectivity index is 1.68. The average molecular weight is 370 g/mol. The molecule has 1 fully saturated rings. The molecule has 8 heteroatoms. The van der Waals surface area contributed by atoms with Crippen LogP contribution in [0.3, 0.4) is 0 Å². The minimum Gasteiger partial charge on any atom is -0.311 e. The molecule has 0 bridgehead atoms. The van der Waals surface area contributed by atoms with Crippen LogP contribution in [0.5, 0.6) is 0 Å². The van der Waals surface area contributed by atoms with E-state index in [2.05, 4.69) is 0 Å². The van der Waals surface area contributed by atoms with Gasteiger partial charge in [0.1, 0.15) is 0 Å². The van der Waals surface area contributed by atoms with E-state index in [9.17, 15) is 19.7 Å². The number of hydrogen-bond acceptors (Lipinski definition) is 5. The molecule has 3 rings (SSSR count). The lowest BCUT2D eigenvalue weighted by Crippen LogP contribution is -2.52. The number of hydrogen-bond donors (Lipinski definition) is 0. The van der Waals surface area contributed by atoms with Crippen LogP contribution in [0.25, 0.3) is 0 Å². The SMILES string of the molecule is CN(CCn1cc([N+](=O)[O-])ccc1=O)[C@H]1CCCN(c2ccccc2)C1=O. The van der Waals surface area contributed by atoms with Gasteiger partial charge in [0.15, 0.2) is 0 Å². The second-order valence-electron chi connectivity index (χ2n) is 6.64. The van der Waals surface area contributed by atoms with Gasteiger partial charge < -0.3 is 9.47 Å². The van der Waals surface area contributed by atoms with E-state index >= 15 is 0 Å². The van der Waals surface area contributed by atoms with E-state index < -0.39 is 4.92 Å². The van der Waals surface area contributed by atoms with Crippen molar-refractivity contribution in [3.63, 3.8) is 0 Å². The summed E-state index contributed by atoms with van der Waals surface area (Å²) in [7, 11) is 1.85. The summed E-state index contributed by atoms with van der Waals surface area (Å²) in [5.41, 5.74) is 0.464. The highest BCUT2D eigenvalue weighted by Gasteiger charge is 2.32. The molecule has 2 heterocycles. The van der Waals surface area contributed by atoms with Crippen molar-refractivity contribution in [3.05, 3.63) is 69.1 Å². The lowest BCUT2D eigenvalue weighted by molar-refractivity contribution is -0.385. The van der Waals surface area contributed by atoms with Crippen LogP contribution in [0, 0.1) is 10.1 Å². The molecule has 0 radical (unpaired) electrons. The number of piperidine rings is 1. The minimum atomic E-state index is -0.526. The molecule has 0 aliphatic carbocycles. The predicted molar refractivity (Wildman–Crippen MR) is 102 cm³/mol. The Labute approximate surface area is 156 Å². The highest BCUT2D eigenvalue weighted by Crippen LogP contribution is 2.23. The van der Waals surface area contributed by atoms with E-state index in [1.165, 1.54) is 22.9 Å². The van der Waals surface area contributed by atoms with Crippen molar-refractivity contribution < 1.29 is 9.72 Å². The van der Waals surface area contributed by atoms with Gasteiger partial charge in [0, 0.05) is 37.5 Å². The van der Waals surface area contributed by atoms with Crippen LogP contribution in [0.1, 0.15) is 12.8 Å². The quantitative estimate of drug-likeness (QED) is 0.572.